The highest BCUT2D eigenvalue weighted by Gasteiger charge is 2.18. The lowest BCUT2D eigenvalue weighted by atomic mass is 10.0. The molecule has 0 atom stereocenters. The fourth-order valence-electron chi connectivity index (χ4n) is 3.30. The zero-order chi connectivity index (χ0) is 21.5. The second-order valence-electron chi connectivity index (χ2n) is 7.06. The van der Waals surface area contributed by atoms with E-state index >= 15 is 0 Å². The zero-order valence-corrected chi connectivity index (χ0v) is 17.7. The summed E-state index contributed by atoms with van der Waals surface area (Å²) in [7, 11) is 1.65. The summed E-state index contributed by atoms with van der Waals surface area (Å²) < 4.78 is 13.4. The highest BCUT2D eigenvalue weighted by atomic mass is 16.5. The first kappa shape index (κ1) is 21.4. The summed E-state index contributed by atoms with van der Waals surface area (Å²) in [5.74, 6) is 0.422. The highest BCUT2D eigenvalue weighted by molar-refractivity contribution is 5.90. The number of nitrogens with zero attached hydrogens (tertiary/aromatic N) is 2. The Kier molecular flexibility index (Phi) is 7.12. The van der Waals surface area contributed by atoms with Gasteiger partial charge in [-0.25, -0.2) is 4.79 Å². The van der Waals surface area contributed by atoms with E-state index in [2.05, 4.69) is 6.92 Å². The largest absolute Gasteiger partial charge is 0.496 e. The molecule has 2 aromatic carbocycles. The van der Waals surface area contributed by atoms with Gasteiger partial charge in [-0.15, -0.1) is 0 Å². The van der Waals surface area contributed by atoms with Crippen LogP contribution in [0.1, 0.15) is 43.5 Å². The molecular weight excluding hydrogens is 380 g/mol. The van der Waals surface area contributed by atoms with Crippen molar-refractivity contribution in [3.8, 4) is 34.0 Å². The Morgan fingerprint density at radius 3 is 2.53 bits per heavy atom. The first-order valence-corrected chi connectivity index (χ1v) is 10.3. The molecule has 0 radical (unpaired) electrons. The number of benzene rings is 2. The maximum Gasteiger partial charge on any atom is 0.335 e. The number of para-hydroxylation sites is 1. The van der Waals surface area contributed by atoms with Crippen molar-refractivity contribution in [3.63, 3.8) is 0 Å². The van der Waals surface area contributed by atoms with Crippen LogP contribution in [0, 0.1) is 0 Å². The van der Waals surface area contributed by atoms with Crippen molar-refractivity contribution in [2.24, 2.45) is 0 Å². The van der Waals surface area contributed by atoms with Crippen LogP contribution < -0.4 is 9.47 Å². The molecule has 0 aliphatic carbocycles. The molecule has 0 aliphatic rings. The van der Waals surface area contributed by atoms with Gasteiger partial charge in [0.1, 0.15) is 11.5 Å². The van der Waals surface area contributed by atoms with Crippen molar-refractivity contribution < 1.29 is 19.4 Å². The first-order chi connectivity index (χ1) is 14.6. The van der Waals surface area contributed by atoms with Crippen LogP contribution in [0.25, 0.3) is 22.5 Å². The Hall–Kier alpha value is -3.28. The molecule has 158 valence electrons. The number of aromatic carboxylic acids is 1. The van der Waals surface area contributed by atoms with E-state index in [1.54, 1.807) is 25.3 Å². The Morgan fingerprint density at radius 1 is 1.03 bits per heavy atom. The van der Waals surface area contributed by atoms with Gasteiger partial charge in [0.25, 0.3) is 0 Å². The van der Waals surface area contributed by atoms with E-state index in [-0.39, 0.29) is 5.56 Å². The lowest BCUT2D eigenvalue weighted by molar-refractivity contribution is 0.0697. The SMILES string of the molecule is CCCCn1nc(-c2cc(C(=O)O)ccc2OCCC)cc1-c1ccccc1OC. The highest BCUT2D eigenvalue weighted by Crippen LogP contribution is 2.36. The monoisotopic (exact) mass is 408 g/mol. The van der Waals surface area contributed by atoms with Crippen molar-refractivity contribution in [1.29, 1.82) is 0 Å². The van der Waals surface area contributed by atoms with Gasteiger partial charge in [0.2, 0.25) is 0 Å². The lowest BCUT2D eigenvalue weighted by Crippen LogP contribution is -2.04. The quantitative estimate of drug-likeness (QED) is 0.479. The number of ether oxygens (including phenoxy) is 2. The van der Waals surface area contributed by atoms with E-state index in [4.69, 9.17) is 14.6 Å². The fourth-order valence-corrected chi connectivity index (χ4v) is 3.30. The average Bonchev–Trinajstić information content (AvgIpc) is 3.19. The number of carboxylic acid groups (broad SMARTS) is 1. The number of methoxy groups -OCH3 is 1. The van der Waals surface area contributed by atoms with Crippen LogP contribution in [0.5, 0.6) is 11.5 Å². The zero-order valence-electron chi connectivity index (χ0n) is 17.7. The van der Waals surface area contributed by atoms with Crippen LogP contribution in [-0.2, 0) is 6.54 Å². The second-order valence-corrected chi connectivity index (χ2v) is 7.06. The summed E-state index contributed by atoms with van der Waals surface area (Å²) >= 11 is 0. The molecule has 0 amide bonds. The van der Waals surface area contributed by atoms with E-state index in [1.165, 1.54) is 0 Å². The lowest BCUT2D eigenvalue weighted by Gasteiger charge is -2.10. The van der Waals surface area contributed by atoms with Gasteiger partial charge in [0, 0.05) is 17.7 Å². The molecule has 0 saturated heterocycles. The molecule has 3 rings (SSSR count). The topological polar surface area (TPSA) is 73.6 Å². The number of aryl methyl sites for hydroxylation is 1. The molecule has 6 nitrogen and oxygen atoms in total. The molecule has 0 fully saturated rings. The number of unbranched alkanes of at least 4 members (excludes halogenated alkanes) is 1. The first-order valence-electron chi connectivity index (χ1n) is 10.3. The maximum atomic E-state index is 11.5. The third-order valence-corrected chi connectivity index (χ3v) is 4.85. The molecular formula is C24H28N2O4. The third kappa shape index (κ3) is 4.64. The van der Waals surface area contributed by atoms with Crippen LogP contribution in [0.3, 0.4) is 0 Å². The number of aromatic nitrogens is 2. The maximum absolute atomic E-state index is 11.5. The summed E-state index contributed by atoms with van der Waals surface area (Å²) in [5, 5.41) is 14.3. The van der Waals surface area contributed by atoms with Crippen molar-refractivity contribution in [3.05, 3.63) is 54.1 Å². The minimum absolute atomic E-state index is 0.204. The molecule has 1 N–H and O–H groups in total. The summed E-state index contributed by atoms with van der Waals surface area (Å²) in [6, 6.07) is 14.7. The Labute approximate surface area is 177 Å². The second kappa shape index (κ2) is 9.96. The standard InChI is InChI=1S/C24H28N2O4/c1-4-6-13-26-21(18-9-7-8-10-22(18)29-3)16-20(25-26)19-15-17(24(27)28)11-12-23(19)30-14-5-2/h7-12,15-16H,4-6,13-14H2,1-3H3,(H,27,28). The molecule has 1 heterocycles. The van der Waals surface area contributed by atoms with Gasteiger partial charge in [-0.2, -0.15) is 5.10 Å². The number of hydrogen-bond acceptors (Lipinski definition) is 4. The Bertz CT molecular complexity index is 1010. The molecule has 0 spiro atoms. The van der Waals surface area contributed by atoms with Gasteiger partial charge in [0.15, 0.2) is 0 Å². The smallest absolute Gasteiger partial charge is 0.335 e. The predicted octanol–water partition coefficient (Wildman–Crippen LogP) is 5.51. The molecule has 1 aromatic heterocycles. The Morgan fingerprint density at radius 2 is 1.83 bits per heavy atom. The summed E-state index contributed by atoms with van der Waals surface area (Å²) in [5.41, 5.74) is 3.44. The molecule has 30 heavy (non-hydrogen) atoms. The van der Waals surface area contributed by atoms with E-state index in [9.17, 15) is 9.90 Å². The van der Waals surface area contributed by atoms with Gasteiger partial charge in [-0.3, -0.25) is 4.68 Å². The number of carbonyl (C=O) groups is 1. The summed E-state index contributed by atoms with van der Waals surface area (Å²) in [6.45, 7) is 5.48. The van der Waals surface area contributed by atoms with Crippen LogP contribution in [0.15, 0.2) is 48.5 Å². The fraction of sp³-hybridized carbons (Fsp3) is 0.333. The number of carboxylic acids is 1. The van der Waals surface area contributed by atoms with Crippen molar-refractivity contribution in [2.45, 2.75) is 39.7 Å². The predicted molar refractivity (Wildman–Crippen MR) is 117 cm³/mol. The van der Waals surface area contributed by atoms with Gasteiger partial charge in [-0.05, 0) is 49.2 Å². The number of hydrogen-bond donors (Lipinski definition) is 1. The van der Waals surface area contributed by atoms with Crippen LogP contribution >= 0.6 is 0 Å². The van der Waals surface area contributed by atoms with Crippen LogP contribution in [0.4, 0.5) is 0 Å². The van der Waals surface area contributed by atoms with Crippen LogP contribution in [0.2, 0.25) is 0 Å². The van der Waals surface area contributed by atoms with E-state index in [1.807, 2.05) is 41.9 Å². The van der Waals surface area contributed by atoms with E-state index in [0.717, 1.165) is 42.8 Å². The van der Waals surface area contributed by atoms with Crippen molar-refractivity contribution in [1.82, 2.24) is 9.78 Å². The van der Waals surface area contributed by atoms with Crippen LogP contribution in [-0.4, -0.2) is 34.6 Å². The molecule has 0 saturated carbocycles. The van der Waals surface area contributed by atoms with Crippen molar-refractivity contribution in [2.75, 3.05) is 13.7 Å². The van der Waals surface area contributed by atoms with E-state index < -0.39 is 5.97 Å². The third-order valence-electron chi connectivity index (χ3n) is 4.85. The molecule has 0 unspecified atom stereocenters. The van der Waals surface area contributed by atoms with E-state index in [0.29, 0.717) is 23.6 Å². The number of rotatable bonds is 10. The average molecular weight is 408 g/mol. The van der Waals surface area contributed by atoms with Gasteiger partial charge < -0.3 is 14.6 Å². The molecule has 0 bridgehead atoms. The Balaban J connectivity index is 2.15. The molecule has 6 heteroatoms. The van der Waals surface area contributed by atoms with Gasteiger partial charge >= 0.3 is 5.97 Å². The van der Waals surface area contributed by atoms with Crippen molar-refractivity contribution >= 4 is 5.97 Å². The van der Waals surface area contributed by atoms with Gasteiger partial charge in [0.05, 0.1) is 30.7 Å². The molecule has 0 aliphatic heterocycles. The minimum Gasteiger partial charge on any atom is -0.496 e. The summed E-state index contributed by atoms with van der Waals surface area (Å²) in [4.78, 5) is 11.5. The molecule has 3 aromatic rings. The minimum atomic E-state index is -0.978. The normalized spacial score (nSPS) is 10.8. The summed E-state index contributed by atoms with van der Waals surface area (Å²) in [6.07, 6.45) is 2.88. The van der Waals surface area contributed by atoms with Gasteiger partial charge in [-0.1, -0.05) is 32.4 Å².